The third-order valence-electron chi connectivity index (χ3n) is 3.51. The molecule has 4 heteroatoms. The summed E-state index contributed by atoms with van der Waals surface area (Å²) in [4.78, 5) is 8.60. The number of nitrogens with one attached hydrogen (secondary N) is 1. The predicted octanol–water partition coefficient (Wildman–Crippen LogP) is 2.87. The largest absolute Gasteiger partial charge is 0.439 e. The summed E-state index contributed by atoms with van der Waals surface area (Å²) in [6.07, 6.45) is 4.78. The molecular formula is C16H19N3O. The van der Waals surface area contributed by atoms with Gasteiger partial charge in [-0.25, -0.2) is 9.97 Å². The number of ether oxygens (including phenoxy) is 1. The van der Waals surface area contributed by atoms with Crippen LogP contribution in [0.5, 0.6) is 11.6 Å². The summed E-state index contributed by atoms with van der Waals surface area (Å²) >= 11 is 0. The Bertz CT molecular complexity index is 581. The summed E-state index contributed by atoms with van der Waals surface area (Å²) in [6.45, 7) is 3.93. The lowest BCUT2D eigenvalue weighted by Gasteiger charge is -2.18. The third-order valence-corrected chi connectivity index (χ3v) is 3.51. The molecule has 2 heterocycles. The maximum absolute atomic E-state index is 5.92. The van der Waals surface area contributed by atoms with Crippen LogP contribution in [0.15, 0.2) is 30.6 Å². The maximum Gasteiger partial charge on any atom is 0.227 e. The smallest absolute Gasteiger partial charge is 0.227 e. The highest BCUT2D eigenvalue weighted by molar-refractivity contribution is 5.36. The first kappa shape index (κ1) is 13.1. The minimum Gasteiger partial charge on any atom is -0.439 e. The van der Waals surface area contributed by atoms with E-state index in [1.54, 1.807) is 6.33 Å². The molecule has 0 aliphatic carbocycles. The van der Waals surface area contributed by atoms with Crippen molar-refractivity contribution in [3.8, 4) is 11.6 Å². The molecule has 0 bridgehead atoms. The molecule has 0 spiro atoms. The molecule has 1 aromatic heterocycles. The number of hydrogen-bond acceptors (Lipinski definition) is 4. The second-order valence-corrected chi connectivity index (χ2v) is 5.03. The van der Waals surface area contributed by atoms with Crippen LogP contribution in [0.1, 0.15) is 30.2 Å². The van der Waals surface area contributed by atoms with Crippen molar-refractivity contribution in [3.05, 3.63) is 47.4 Å². The van der Waals surface area contributed by atoms with E-state index in [4.69, 9.17) is 4.74 Å². The Labute approximate surface area is 119 Å². The number of fused-ring (bicyclic) bond motifs is 1. The van der Waals surface area contributed by atoms with Crippen molar-refractivity contribution in [1.29, 1.82) is 0 Å². The van der Waals surface area contributed by atoms with E-state index in [1.165, 1.54) is 5.56 Å². The fraction of sp³-hybridized carbons (Fsp3) is 0.375. The first-order valence-electron chi connectivity index (χ1n) is 7.17. The van der Waals surface area contributed by atoms with Gasteiger partial charge in [0.2, 0.25) is 5.88 Å². The first-order chi connectivity index (χ1) is 9.86. The quantitative estimate of drug-likeness (QED) is 0.927. The molecule has 2 aromatic rings. The van der Waals surface area contributed by atoms with E-state index in [2.05, 4.69) is 34.3 Å². The molecule has 1 aliphatic heterocycles. The van der Waals surface area contributed by atoms with E-state index in [0.29, 0.717) is 5.88 Å². The highest BCUT2D eigenvalue weighted by Gasteiger charge is 2.16. The van der Waals surface area contributed by atoms with Gasteiger partial charge in [0.05, 0.1) is 11.3 Å². The Balaban J connectivity index is 1.80. The van der Waals surface area contributed by atoms with Crippen molar-refractivity contribution in [2.45, 2.75) is 32.7 Å². The average Bonchev–Trinajstić information content (AvgIpc) is 2.50. The van der Waals surface area contributed by atoms with Crippen LogP contribution in [0, 0.1) is 0 Å². The summed E-state index contributed by atoms with van der Waals surface area (Å²) in [7, 11) is 0. The fourth-order valence-electron chi connectivity index (χ4n) is 2.46. The Morgan fingerprint density at radius 1 is 1.20 bits per heavy atom. The molecule has 4 nitrogen and oxygen atoms in total. The lowest BCUT2D eigenvalue weighted by molar-refractivity contribution is 0.444. The van der Waals surface area contributed by atoms with Crippen LogP contribution < -0.4 is 10.1 Å². The molecule has 0 saturated carbocycles. The van der Waals surface area contributed by atoms with Gasteiger partial charge in [-0.05, 0) is 24.1 Å². The molecule has 0 atom stereocenters. The molecule has 0 radical (unpaired) electrons. The van der Waals surface area contributed by atoms with Gasteiger partial charge in [0.15, 0.2) is 0 Å². The van der Waals surface area contributed by atoms with E-state index in [-0.39, 0.29) is 0 Å². The van der Waals surface area contributed by atoms with Crippen LogP contribution in [0.2, 0.25) is 0 Å². The topological polar surface area (TPSA) is 47.0 Å². The van der Waals surface area contributed by atoms with E-state index < -0.39 is 0 Å². The molecule has 104 valence electrons. The van der Waals surface area contributed by atoms with Crippen LogP contribution in [0.3, 0.4) is 0 Å². The van der Waals surface area contributed by atoms with E-state index in [1.807, 2.05) is 12.1 Å². The van der Waals surface area contributed by atoms with Crippen molar-refractivity contribution in [2.24, 2.45) is 0 Å². The van der Waals surface area contributed by atoms with Crippen molar-refractivity contribution in [1.82, 2.24) is 15.3 Å². The third kappa shape index (κ3) is 2.80. The normalized spacial score (nSPS) is 13.8. The van der Waals surface area contributed by atoms with Gasteiger partial charge in [-0.15, -0.1) is 0 Å². The minimum atomic E-state index is 0.672. The average molecular weight is 269 g/mol. The lowest BCUT2D eigenvalue weighted by atomic mass is 10.1. The summed E-state index contributed by atoms with van der Waals surface area (Å²) in [6, 6.07) is 8.25. The number of aryl methyl sites for hydroxylation is 1. The molecule has 1 N–H and O–H groups in total. The molecule has 0 fully saturated rings. The van der Waals surface area contributed by atoms with Gasteiger partial charge in [-0.1, -0.05) is 25.5 Å². The molecular weight excluding hydrogens is 250 g/mol. The number of rotatable bonds is 4. The van der Waals surface area contributed by atoms with Gasteiger partial charge in [0, 0.05) is 19.5 Å². The van der Waals surface area contributed by atoms with Crippen LogP contribution in [-0.4, -0.2) is 16.5 Å². The second kappa shape index (κ2) is 6.01. The summed E-state index contributed by atoms with van der Waals surface area (Å²) < 4.78 is 5.92. The number of benzene rings is 1. The van der Waals surface area contributed by atoms with Crippen molar-refractivity contribution < 1.29 is 4.74 Å². The Morgan fingerprint density at radius 2 is 2.05 bits per heavy atom. The number of aromatic nitrogens is 2. The van der Waals surface area contributed by atoms with Crippen molar-refractivity contribution in [2.75, 3.05) is 6.54 Å². The Morgan fingerprint density at radius 3 is 2.85 bits per heavy atom. The zero-order valence-corrected chi connectivity index (χ0v) is 11.7. The number of nitrogens with zero attached hydrogens (tertiary/aromatic N) is 2. The molecule has 3 rings (SSSR count). The molecule has 0 unspecified atom stereocenters. The van der Waals surface area contributed by atoms with Crippen molar-refractivity contribution in [3.63, 3.8) is 0 Å². The van der Waals surface area contributed by atoms with Gasteiger partial charge in [0.1, 0.15) is 12.1 Å². The zero-order chi connectivity index (χ0) is 13.8. The van der Waals surface area contributed by atoms with E-state index in [0.717, 1.165) is 49.4 Å². The molecule has 1 aromatic carbocycles. The maximum atomic E-state index is 5.92. The van der Waals surface area contributed by atoms with Gasteiger partial charge < -0.3 is 10.1 Å². The molecule has 20 heavy (non-hydrogen) atoms. The summed E-state index contributed by atoms with van der Waals surface area (Å²) in [5.41, 5.74) is 3.51. The highest BCUT2D eigenvalue weighted by Crippen LogP contribution is 2.26. The molecule has 1 aliphatic rings. The van der Waals surface area contributed by atoms with Crippen molar-refractivity contribution >= 4 is 0 Å². The summed E-state index contributed by atoms with van der Waals surface area (Å²) in [5, 5.41) is 3.33. The molecule has 0 saturated heterocycles. The highest BCUT2D eigenvalue weighted by atomic mass is 16.5. The van der Waals surface area contributed by atoms with Crippen LogP contribution >= 0.6 is 0 Å². The predicted molar refractivity (Wildman–Crippen MR) is 78.0 cm³/mol. The molecule has 0 amide bonds. The lowest BCUT2D eigenvalue weighted by Crippen LogP contribution is -2.25. The minimum absolute atomic E-state index is 0.672. The van der Waals surface area contributed by atoms with Gasteiger partial charge in [-0.2, -0.15) is 0 Å². The van der Waals surface area contributed by atoms with Crippen LogP contribution in [-0.2, 0) is 19.4 Å². The Hall–Kier alpha value is -1.94. The second-order valence-electron chi connectivity index (χ2n) is 5.03. The SMILES string of the molecule is CCCc1ccc(Oc2ncnc3c2CNCC3)cc1. The number of hydrogen-bond donors (Lipinski definition) is 1. The van der Waals surface area contributed by atoms with Gasteiger partial charge >= 0.3 is 0 Å². The van der Waals surface area contributed by atoms with Gasteiger partial charge in [0.25, 0.3) is 0 Å². The Kier molecular flexibility index (Phi) is 3.92. The van der Waals surface area contributed by atoms with Crippen LogP contribution in [0.25, 0.3) is 0 Å². The zero-order valence-electron chi connectivity index (χ0n) is 11.7. The van der Waals surface area contributed by atoms with E-state index in [9.17, 15) is 0 Å². The van der Waals surface area contributed by atoms with Crippen LogP contribution in [0.4, 0.5) is 0 Å². The standard InChI is InChI=1S/C16H19N3O/c1-2-3-12-4-6-13(7-5-12)20-16-14-10-17-9-8-15(14)18-11-19-16/h4-7,11,17H,2-3,8-10H2,1H3. The monoisotopic (exact) mass is 269 g/mol. The fourth-order valence-corrected chi connectivity index (χ4v) is 2.46. The van der Waals surface area contributed by atoms with E-state index >= 15 is 0 Å². The van der Waals surface area contributed by atoms with Gasteiger partial charge in [-0.3, -0.25) is 0 Å². The first-order valence-corrected chi connectivity index (χ1v) is 7.17. The summed E-state index contributed by atoms with van der Waals surface area (Å²) in [5.74, 6) is 1.50.